The van der Waals surface area contributed by atoms with E-state index in [1.165, 1.54) is 0 Å². The molecule has 0 radical (unpaired) electrons. The van der Waals surface area contributed by atoms with Crippen LogP contribution in [0.2, 0.25) is 0 Å². The lowest BCUT2D eigenvalue weighted by Crippen LogP contribution is -2.22. The van der Waals surface area contributed by atoms with Gasteiger partial charge in [-0.1, -0.05) is 0 Å². The Hall–Kier alpha value is -0.800. The highest BCUT2D eigenvalue weighted by molar-refractivity contribution is 4.85. The van der Waals surface area contributed by atoms with Crippen LogP contribution in [0, 0.1) is 11.3 Å². The van der Waals surface area contributed by atoms with Gasteiger partial charge in [-0.15, -0.1) is 0 Å². The first-order valence-electron chi connectivity index (χ1n) is 3.25. The standard InChI is InChI=1S/C6H9F3N2O/c7-6(8,9)4-12-2-1-5(11)3-10/h5H,1-2,4,11H2. The van der Waals surface area contributed by atoms with Gasteiger partial charge in [0.25, 0.3) is 0 Å². The fourth-order valence-corrected chi connectivity index (χ4v) is 0.463. The molecule has 3 nitrogen and oxygen atoms in total. The van der Waals surface area contributed by atoms with E-state index in [1.54, 1.807) is 6.07 Å². The first-order valence-corrected chi connectivity index (χ1v) is 3.25. The van der Waals surface area contributed by atoms with E-state index in [0.717, 1.165) is 0 Å². The largest absolute Gasteiger partial charge is 0.411 e. The summed E-state index contributed by atoms with van der Waals surface area (Å²) < 4.78 is 38.5. The predicted octanol–water partition coefficient (Wildman–Crippen LogP) is 0.806. The average Bonchev–Trinajstić information content (AvgIpc) is 1.96. The van der Waals surface area contributed by atoms with Crippen molar-refractivity contribution in [3.05, 3.63) is 0 Å². The van der Waals surface area contributed by atoms with Crippen molar-refractivity contribution in [3.63, 3.8) is 0 Å². The highest BCUT2D eigenvalue weighted by Gasteiger charge is 2.27. The van der Waals surface area contributed by atoms with E-state index in [9.17, 15) is 13.2 Å². The van der Waals surface area contributed by atoms with Crippen LogP contribution in [-0.4, -0.2) is 25.4 Å². The van der Waals surface area contributed by atoms with Crippen molar-refractivity contribution in [1.82, 2.24) is 0 Å². The third-order valence-corrected chi connectivity index (χ3v) is 1.00. The zero-order valence-electron chi connectivity index (χ0n) is 6.27. The summed E-state index contributed by atoms with van der Waals surface area (Å²) in [6.45, 7) is -1.43. The lowest BCUT2D eigenvalue weighted by Gasteiger charge is -2.07. The maximum atomic E-state index is 11.4. The van der Waals surface area contributed by atoms with Crippen molar-refractivity contribution in [2.75, 3.05) is 13.2 Å². The molecule has 0 aliphatic carbocycles. The molecule has 0 aromatic carbocycles. The minimum absolute atomic E-state index is 0.118. The molecule has 1 atom stereocenters. The summed E-state index contributed by atoms with van der Waals surface area (Å²) in [6, 6.07) is 0.927. The van der Waals surface area contributed by atoms with Crippen LogP contribution in [0.3, 0.4) is 0 Å². The molecule has 1 unspecified atom stereocenters. The number of ether oxygens (including phenoxy) is 1. The molecule has 0 bridgehead atoms. The lowest BCUT2D eigenvalue weighted by molar-refractivity contribution is -0.174. The molecule has 0 amide bonds. The third-order valence-electron chi connectivity index (χ3n) is 1.00. The molecule has 0 aromatic rings. The summed E-state index contributed by atoms with van der Waals surface area (Å²) in [5.41, 5.74) is 5.10. The number of hydrogen-bond acceptors (Lipinski definition) is 3. The summed E-state index contributed by atoms with van der Waals surface area (Å²) in [6.07, 6.45) is -4.19. The second kappa shape index (κ2) is 4.95. The Labute approximate surface area is 67.9 Å². The van der Waals surface area contributed by atoms with Gasteiger partial charge in [0.2, 0.25) is 0 Å². The molecule has 6 heteroatoms. The number of nitriles is 1. The summed E-state index contributed by atoms with van der Waals surface area (Å²) >= 11 is 0. The predicted molar refractivity (Wildman–Crippen MR) is 35.1 cm³/mol. The molecule has 70 valence electrons. The Bertz CT molecular complexity index is 163. The number of hydrogen-bond donors (Lipinski definition) is 1. The van der Waals surface area contributed by atoms with E-state index in [0.29, 0.717) is 0 Å². The van der Waals surface area contributed by atoms with Crippen LogP contribution < -0.4 is 5.73 Å². The van der Waals surface area contributed by atoms with Crippen molar-refractivity contribution >= 4 is 0 Å². The molecular formula is C6H9F3N2O. The van der Waals surface area contributed by atoms with Gasteiger partial charge in [-0.25, -0.2) is 0 Å². The van der Waals surface area contributed by atoms with Crippen molar-refractivity contribution in [1.29, 1.82) is 5.26 Å². The molecule has 0 aliphatic rings. The first-order chi connectivity index (χ1) is 5.45. The summed E-state index contributed by atoms with van der Waals surface area (Å²) in [7, 11) is 0. The molecule has 0 spiro atoms. The zero-order valence-corrected chi connectivity index (χ0v) is 6.27. The Morgan fingerprint density at radius 3 is 2.50 bits per heavy atom. The van der Waals surface area contributed by atoms with Crippen LogP contribution in [0.15, 0.2) is 0 Å². The Kier molecular flexibility index (Phi) is 4.62. The van der Waals surface area contributed by atoms with Crippen molar-refractivity contribution in [2.45, 2.75) is 18.6 Å². The molecule has 0 aromatic heterocycles. The quantitative estimate of drug-likeness (QED) is 0.654. The topological polar surface area (TPSA) is 59.0 Å². The van der Waals surface area contributed by atoms with Gasteiger partial charge in [-0.2, -0.15) is 18.4 Å². The molecule has 0 saturated heterocycles. The lowest BCUT2D eigenvalue weighted by atomic mass is 10.3. The Morgan fingerprint density at radius 2 is 2.08 bits per heavy atom. The van der Waals surface area contributed by atoms with E-state index in [2.05, 4.69) is 4.74 Å². The van der Waals surface area contributed by atoms with Crippen LogP contribution in [0.5, 0.6) is 0 Å². The highest BCUT2D eigenvalue weighted by Crippen LogP contribution is 2.14. The van der Waals surface area contributed by atoms with E-state index in [-0.39, 0.29) is 13.0 Å². The summed E-state index contributed by atoms with van der Waals surface area (Å²) in [4.78, 5) is 0. The fourth-order valence-electron chi connectivity index (χ4n) is 0.463. The second-order valence-electron chi connectivity index (χ2n) is 2.19. The van der Waals surface area contributed by atoms with Crippen LogP contribution >= 0.6 is 0 Å². The minimum atomic E-state index is -4.31. The number of halogens is 3. The van der Waals surface area contributed by atoms with Crippen LogP contribution in [0.25, 0.3) is 0 Å². The minimum Gasteiger partial charge on any atom is -0.372 e. The maximum Gasteiger partial charge on any atom is 0.411 e. The number of nitrogens with two attached hydrogens (primary N) is 1. The fraction of sp³-hybridized carbons (Fsp3) is 0.833. The number of nitrogens with zero attached hydrogens (tertiary/aromatic N) is 1. The molecule has 0 aliphatic heterocycles. The SMILES string of the molecule is N#CC(N)CCOCC(F)(F)F. The van der Waals surface area contributed by atoms with Gasteiger partial charge in [0, 0.05) is 6.61 Å². The van der Waals surface area contributed by atoms with Crippen molar-refractivity contribution < 1.29 is 17.9 Å². The van der Waals surface area contributed by atoms with Crippen LogP contribution in [0.1, 0.15) is 6.42 Å². The Morgan fingerprint density at radius 1 is 1.50 bits per heavy atom. The van der Waals surface area contributed by atoms with Crippen molar-refractivity contribution in [3.8, 4) is 6.07 Å². The van der Waals surface area contributed by atoms with Gasteiger partial charge in [0.1, 0.15) is 6.61 Å². The third kappa shape index (κ3) is 7.31. The van der Waals surface area contributed by atoms with Gasteiger partial charge in [0.15, 0.2) is 0 Å². The van der Waals surface area contributed by atoms with Gasteiger partial charge in [0.05, 0.1) is 12.1 Å². The zero-order chi connectivity index (χ0) is 9.61. The average molecular weight is 182 g/mol. The van der Waals surface area contributed by atoms with Gasteiger partial charge < -0.3 is 10.5 Å². The van der Waals surface area contributed by atoms with E-state index in [4.69, 9.17) is 11.0 Å². The van der Waals surface area contributed by atoms with Gasteiger partial charge in [-0.05, 0) is 6.42 Å². The first kappa shape index (κ1) is 11.2. The number of rotatable bonds is 4. The second-order valence-corrected chi connectivity index (χ2v) is 2.19. The van der Waals surface area contributed by atoms with E-state index >= 15 is 0 Å². The highest BCUT2D eigenvalue weighted by atomic mass is 19.4. The monoisotopic (exact) mass is 182 g/mol. The van der Waals surface area contributed by atoms with Crippen LogP contribution in [0.4, 0.5) is 13.2 Å². The van der Waals surface area contributed by atoms with E-state index in [1.807, 2.05) is 0 Å². The maximum absolute atomic E-state index is 11.4. The smallest absolute Gasteiger partial charge is 0.372 e. The van der Waals surface area contributed by atoms with Crippen LogP contribution in [-0.2, 0) is 4.74 Å². The molecule has 0 fully saturated rings. The summed E-state index contributed by atoms with van der Waals surface area (Å²) in [5, 5.41) is 8.14. The molecule has 2 N–H and O–H groups in total. The Balaban J connectivity index is 3.29. The summed E-state index contributed by atoms with van der Waals surface area (Å²) in [5.74, 6) is 0. The normalized spacial score (nSPS) is 13.9. The van der Waals surface area contributed by atoms with Gasteiger partial charge in [-0.3, -0.25) is 0 Å². The van der Waals surface area contributed by atoms with Crippen molar-refractivity contribution in [2.24, 2.45) is 5.73 Å². The molecular weight excluding hydrogens is 173 g/mol. The molecule has 0 saturated carbocycles. The molecule has 0 rings (SSSR count). The molecule has 12 heavy (non-hydrogen) atoms. The number of alkyl halides is 3. The van der Waals surface area contributed by atoms with E-state index < -0.39 is 18.8 Å². The molecule has 0 heterocycles. The van der Waals surface area contributed by atoms with Gasteiger partial charge >= 0.3 is 6.18 Å².